The van der Waals surface area contributed by atoms with Crippen molar-refractivity contribution in [1.82, 2.24) is 9.97 Å². The molecule has 0 radical (unpaired) electrons. The van der Waals surface area contributed by atoms with Gasteiger partial charge in [-0.15, -0.1) is 0 Å². The van der Waals surface area contributed by atoms with Crippen molar-refractivity contribution in [3.8, 4) is 11.1 Å². The smallest absolute Gasteiger partial charge is 0.0970 e. The number of hydrogen-bond acceptors (Lipinski definition) is 2. The van der Waals surface area contributed by atoms with Crippen LogP contribution >= 0.6 is 0 Å². The summed E-state index contributed by atoms with van der Waals surface area (Å²) in [4.78, 5) is 9.34. The van der Waals surface area contributed by atoms with E-state index >= 15 is 0 Å². The fourth-order valence-corrected chi connectivity index (χ4v) is 3.46. The molecule has 2 heterocycles. The zero-order valence-corrected chi connectivity index (χ0v) is 15.3. The zero-order chi connectivity index (χ0) is 18.6. The molecule has 0 saturated heterocycles. The first-order valence-corrected chi connectivity index (χ1v) is 9.01. The summed E-state index contributed by atoms with van der Waals surface area (Å²) in [5.41, 5.74) is 6.50. The summed E-state index contributed by atoms with van der Waals surface area (Å²) in [6.45, 7) is 5.81. The molecular formula is C25H20N2. The lowest BCUT2D eigenvalue weighted by Crippen LogP contribution is -1.91. The lowest BCUT2D eigenvalue weighted by atomic mass is 9.96. The van der Waals surface area contributed by atoms with Gasteiger partial charge in [-0.25, -0.2) is 0 Å². The van der Waals surface area contributed by atoms with Gasteiger partial charge in [-0.3, -0.25) is 9.97 Å². The minimum absolute atomic E-state index is 0.925. The molecule has 0 spiro atoms. The highest BCUT2D eigenvalue weighted by molar-refractivity contribution is 6.10. The van der Waals surface area contributed by atoms with Crippen LogP contribution in [0.4, 0.5) is 0 Å². The summed E-state index contributed by atoms with van der Waals surface area (Å²) in [5, 5.41) is 2.22. The number of nitrogens with zero attached hydrogens (tertiary/aromatic N) is 2. The van der Waals surface area contributed by atoms with Crippen molar-refractivity contribution in [3.05, 3.63) is 103 Å². The van der Waals surface area contributed by atoms with E-state index in [4.69, 9.17) is 0 Å². The molecule has 0 saturated carbocycles. The van der Waals surface area contributed by atoms with Crippen molar-refractivity contribution < 1.29 is 0 Å². The number of benzene rings is 2. The number of rotatable bonds is 4. The highest BCUT2D eigenvalue weighted by Gasteiger charge is 2.11. The molecular weight excluding hydrogens is 328 g/mol. The Morgan fingerprint density at radius 1 is 0.852 bits per heavy atom. The molecule has 0 atom stereocenters. The standard InChI is InChI=1S/C25H20N2/c1-3-5-9-18(4-2)20-14-16-26-24-22(20)12-13-23-21(15-17-27-25(23)24)19-10-7-6-8-11-19/h3-17H,1H2,2H3/b9-5-,18-4+. The fourth-order valence-electron chi connectivity index (χ4n) is 3.46. The summed E-state index contributed by atoms with van der Waals surface area (Å²) in [6.07, 6.45) is 11.6. The molecule has 0 aliphatic rings. The molecule has 2 aromatic carbocycles. The first-order valence-electron chi connectivity index (χ1n) is 9.01. The number of fused-ring (bicyclic) bond motifs is 3. The second kappa shape index (κ2) is 7.38. The van der Waals surface area contributed by atoms with E-state index in [2.05, 4.69) is 77.2 Å². The third kappa shape index (κ3) is 3.06. The van der Waals surface area contributed by atoms with E-state index < -0.39 is 0 Å². The Bertz CT molecular complexity index is 1190. The van der Waals surface area contributed by atoms with E-state index in [-0.39, 0.29) is 0 Å². The van der Waals surface area contributed by atoms with Crippen LogP contribution in [0.25, 0.3) is 38.5 Å². The molecule has 130 valence electrons. The van der Waals surface area contributed by atoms with E-state index in [1.807, 2.05) is 31.5 Å². The van der Waals surface area contributed by atoms with Gasteiger partial charge >= 0.3 is 0 Å². The van der Waals surface area contributed by atoms with Gasteiger partial charge < -0.3 is 0 Å². The van der Waals surface area contributed by atoms with Gasteiger partial charge in [0, 0.05) is 23.2 Å². The Hall–Kier alpha value is -3.52. The van der Waals surface area contributed by atoms with Gasteiger partial charge in [-0.1, -0.05) is 73.3 Å². The zero-order valence-electron chi connectivity index (χ0n) is 15.3. The second-order valence-corrected chi connectivity index (χ2v) is 6.28. The topological polar surface area (TPSA) is 25.8 Å². The molecule has 0 bridgehead atoms. The average Bonchev–Trinajstić information content (AvgIpc) is 2.74. The van der Waals surface area contributed by atoms with Gasteiger partial charge in [0.15, 0.2) is 0 Å². The van der Waals surface area contributed by atoms with Gasteiger partial charge in [0.05, 0.1) is 11.0 Å². The van der Waals surface area contributed by atoms with Crippen LogP contribution in [0, 0.1) is 0 Å². The Balaban J connectivity index is 2.00. The predicted molar refractivity (Wildman–Crippen MR) is 115 cm³/mol. The van der Waals surface area contributed by atoms with Crippen LogP contribution in [-0.4, -0.2) is 9.97 Å². The Kier molecular flexibility index (Phi) is 4.63. The van der Waals surface area contributed by atoms with Gasteiger partial charge in [-0.2, -0.15) is 0 Å². The van der Waals surface area contributed by atoms with Crippen LogP contribution in [-0.2, 0) is 0 Å². The van der Waals surface area contributed by atoms with E-state index in [1.165, 1.54) is 11.1 Å². The van der Waals surface area contributed by atoms with Crippen molar-refractivity contribution >= 4 is 27.4 Å². The van der Waals surface area contributed by atoms with Gasteiger partial charge in [0.2, 0.25) is 0 Å². The Labute approximate surface area is 159 Å². The number of hydrogen-bond donors (Lipinski definition) is 0. The maximum atomic E-state index is 4.67. The number of allylic oxidation sites excluding steroid dienone is 5. The molecule has 0 fully saturated rings. The summed E-state index contributed by atoms with van der Waals surface area (Å²) < 4.78 is 0. The quantitative estimate of drug-likeness (QED) is 0.307. The van der Waals surface area contributed by atoms with Crippen molar-refractivity contribution in [2.45, 2.75) is 6.92 Å². The van der Waals surface area contributed by atoms with Crippen LogP contribution in [0.5, 0.6) is 0 Å². The van der Waals surface area contributed by atoms with Crippen molar-refractivity contribution in [2.75, 3.05) is 0 Å². The maximum absolute atomic E-state index is 4.67. The molecule has 27 heavy (non-hydrogen) atoms. The SMILES string of the molecule is C=C/C=C\C(=C/C)c1ccnc2c1ccc1c(-c3ccccc3)ccnc12. The molecule has 0 amide bonds. The van der Waals surface area contributed by atoms with Gasteiger partial charge in [0.25, 0.3) is 0 Å². The number of pyridine rings is 2. The van der Waals surface area contributed by atoms with Crippen LogP contribution in [0.3, 0.4) is 0 Å². The first-order chi connectivity index (χ1) is 13.3. The minimum Gasteiger partial charge on any atom is -0.254 e. The highest BCUT2D eigenvalue weighted by atomic mass is 14.7. The summed E-state index contributed by atoms with van der Waals surface area (Å²) in [6, 6.07) is 18.8. The molecule has 0 aliphatic heterocycles. The molecule has 2 heteroatoms. The Morgan fingerprint density at radius 3 is 2.30 bits per heavy atom. The second-order valence-electron chi connectivity index (χ2n) is 6.28. The van der Waals surface area contributed by atoms with Crippen molar-refractivity contribution in [2.24, 2.45) is 0 Å². The van der Waals surface area contributed by atoms with E-state index in [9.17, 15) is 0 Å². The molecule has 0 unspecified atom stereocenters. The molecule has 4 aromatic rings. The van der Waals surface area contributed by atoms with Crippen LogP contribution < -0.4 is 0 Å². The van der Waals surface area contributed by atoms with Gasteiger partial charge in [0.1, 0.15) is 0 Å². The minimum atomic E-state index is 0.925. The lowest BCUT2D eigenvalue weighted by molar-refractivity contribution is 1.37. The predicted octanol–water partition coefficient (Wildman–Crippen LogP) is 6.60. The molecule has 0 aliphatic carbocycles. The largest absolute Gasteiger partial charge is 0.254 e. The molecule has 4 rings (SSSR count). The Morgan fingerprint density at radius 2 is 1.56 bits per heavy atom. The molecule has 0 N–H and O–H groups in total. The van der Waals surface area contributed by atoms with Crippen LogP contribution in [0.15, 0.2) is 97.9 Å². The van der Waals surface area contributed by atoms with Crippen molar-refractivity contribution in [3.63, 3.8) is 0 Å². The van der Waals surface area contributed by atoms with E-state index in [1.54, 1.807) is 6.08 Å². The molecule has 2 aromatic heterocycles. The number of aromatic nitrogens is 2. The first kappa shape index (κ1) is 16.9. The maximum Gasteiger partial charge on any atom is 0.0970 e. The average molecular weight is 348 g/mol. The van der Waals surface area contributed by atoms with Crippen molar-refractivity contribution in [1.29, 1.82) is 0 Å². The third-order valence-electron chi connectivity index (χ3n) is 4.74. The fraction of sp³-hybridized carbons (Fsp3) is 0.0400. The monoisotopic (exact) mass is 348 g/mol. The van der Waals surface area contributed by atoms with Crippen LogP contribution in [0.1, 0.15) is 12.5 Å². The van der Waals surface area contributed by atoms with E-state index in [0.29, 0.717) is 0 Å². The highest BCUT2D eigenvalue weighted by Crippen LogP contribution is 2.33. The summed E-state index contributed by atoms with van der Waals surface area (Å²) in [5.74, 6) is 0. The molecule has 2 nitrogen and oxygen atoms in total. The van der Waals surface area contributed by atoms with E-state index in [0.717, 1.165) is 32.9 Å². The van der Waals surface area contributed by atoms with Crippen LogP contribution in [0.2, 0.25) is 0 Å². The lowest BCUT2D eigenvalue weighted by Gasteiger charge is -2.11. The third-order valence-corrected chi connectivity index (χ3v) is 4.74. The van der Waals surface area contributed by atoms with Gasteiger partial charge in [-0.05, 0) is 41.3 Å². The summed E-state index contributed by atoms with van der Waals surface area (Å²) >= 11 is 0. The normalized spacial score (nSPS) is 12.1. The summed E-state index contributed by atoms with van der Waals surface area (Å²) in [7, 11) is 0.